The molecule has 0 radical (unpaired) electrons. The van der Waals surface area contributed by atoms with Crippen molar-refractivity contribution in [2.75, 3.05) is 7.11 Å². The minimum atomic E-state index is 0.0460. The highest BCUT2D eigenvalue weighted by atomic mass is 16.5. The van der Waals surface area contributed by atoms with E-state index in [1.165, 1.54) is 5.56 Å². The van der Waals surface area contributed by atoms with E-state index in [0.29, 0.717) is 5.56 Å². The summed E-state index contributed by atoms with van der Waals surface area (Å²) in [6.07, 6.45) is 0. The van der Waals surface area contributed by atoms with Crippen LogP contribution in [0.5, 0.6) is 5.75 Å². The molecule has 0 unspecified atom stereocenters. The van der Waals surface area contributed by atoms with Gasteiger partial charge < -0.3 is 4.74 Å². The third-order valence-electron chi connectivity index (χ3n) is 3.04. The van der Waals surface area contributed by atoms with E-state index in [1.54, 1.807) is 20.1 Å². The van der Waals surface area contributed by atoms with E-state index in [-0.39, 0.29) is 5.78 Å². The third-order valence-corrected chi connectivity index (χ3v) is 3.04. The number of carbonyl (C=O) groups excluding carboxylic acids is 1. The van der Waals surface area contributed by atoms with Gasteiger partial charge in [-0.2, -0.15) is 0 Å². The molecule has 18 heavy (non-hydrogen) atoms. The molecule has 92 valence electrons. The number of ether oxygens (including phenoxy) is 1. The van der Waals surface area contributed by atoms with Crippen LogP contribution in [-0.4, -0.2) is 12.9 Å². The highest BCUT2D eigenvalue weighted by Gasteiger charge is 2.10. The van der Waals surface area contributed by atoms with Gasteiger partial charge in [0.25, 0.3) is 0 Å². The van der Waals surface area contributed by atoms with Gasteiger partial charge in [-0.05, 0) is 37.1 Å². The van der Waals surface area contributed by atoms with Gasteiger partial charge in [0.15, 0.2) is 5.78 Å². The van der Waals surface area contributed by atoms with Crippen LogP contribution in [0.3, 0.4) is 0 Å². The van der Waals surface area contributed by atoms with Gasteiger partial charge in [-0.3, -0.25) is 4.79 Å². The number of aryl methyl sites for hydroxylation is 1. The fourth-order valence-electron chi connectivity index (χ4n) is 2.01. The molecule has 0 aliphatic heterocycles. The number of carbonyl (C=O) groups is 1. The molecular formula is C16H16O2. The van der Waals surface area contributed by atoms with Crippen molar-refractivity contribution in [1.82, 2.24) is 0 Å². The Morgan fingerprint density at radius 2 is 1.78 bits per heavy atom. The number of hydrogen-bond acceptors (Lipinski definition) is 2. The fourth-order valence-corrected chi connectivity index (χ4v) is 2.01. The van der Waals surface area contributed by atoms with Gasteiger partial charge in [0.2, 0.25) is 0 Å². The van der Waals surface area contributed by atoms with Crippen LogP contribution in [-0.2, 0) is 0 Å². The second-order valence-electron chi connectivity index (χ2n) is 4.29. The number of benzene rings is 2. The van der Waals surface area contributed by atoms with Gasteiger partial charge in [-0.25, -0.2) is 0 Å². The predicted octanol–water partition coefficient (Wildman–Crippen LogP) is 3.87. The molecule has 2 aromatic rings. The van der Waals surface area contributed by atoms with Gasteiger partial charge in [-0.15, -0.1) is 0 Å². The van der Waals surface area contributed by atoms with Crippen molar-refractivity contribution in [3.8, 4) is 16.9 Å². The summed E-state index contributed by atoms with van der Waals surface area (Å²) >= 11 is 0. The highest BCUT2D eigenvalue weighted by molar-refractivity contribution is 5.95. The topological polar surface area (TPSA) is 26.3 Å². The van der Waals surface area contributed by atoms with E-state index in [1.807, 2.05) is 24.3 Å². The first-order valence-electron chi connectivity index (χ1n) is 5.88. The van der Waals surface area contributed by atoms with Crippen LogP contribution in [0.1, 0.15) is 22.8 Å². The zero-order valence-electron chi connectivity index (χ0n) is 10.9. The molecule has 0 N–H and O–H groups in total. The number of ketones is 1. The fraction of sp³-hybridized carbons (Fsp3) is 0.188. The molecule has 0 saturated carbocycles. The maximum atomic E-state index is 11.4. The van der Waals surface area contributed by atoms with E-state index >= 15 is 0 Å². The van der Waals surface area contributed by atoms with Crippen LogP contribution in [0, 0.1) is 6.92 Å². The van der Waals surface area contributed by atoms with Gasteiger partial charge >= 0.3 is 0 Å². The Bertz CT molecular complexity index is 585. The monoisotopic (exact) mass is 240 g/mol. The lowest BCUT2D eigenvalue weighted by molar-refractivity contribution is 0.101. The summed E-state index contributed by atoms with van der Waals surface area (Å²) in [6, 6.07) is 13.7. The Morgan fingerprint density at radius 1 is 1.06 bits per heavy atom. The summed E-state index contributed by atoms with van der Waals surface area (Å²) in [4.78, 5) is 11.4. The predicted molar refractivity (Wildman–Crippen MR) is 73.2 cm³/mol. The molecule has 0 bridgehead atoms. The smallest absolute Gasteiger partial charge is 0.159 e. The Labute approximate surface area is 107 Å². The van der Waals surface area contributed by atoms with E-state index in [0.717, 1.165) is 16.9 Å². The van der Waals surface area contributed by atoms with Crippen molar-refractivity contribution in [2.24, 2.45) is 0 Å². The average molecular weight is 240 g/mol. The Hall–Kier alpha value is -2.09. The average Bonchev–Trinajstić information content (AvgIpc) is 2.38. The molecule has 0 saturated heterocycles. The molecule has 2 rings (SSSR count). The van der Waals surface area contributed by atoms with Gasteiger partial charge in [0, 0.05) is 11.1 Å². The van der Waals surface area contributed by atoms with E-state index in [9.17, 15) is 4.79 Å². The van der Waals surface area contributed by atoms with Crippen molar-refractivity contribution >= 4 is 5.78 Å². The van der Waals surface area contributed by atoms with Gasteiger partial charge in [0.1, 0.15) is 5.75 Å². The van der Waals surface area contributed by atoms with Crippen LogP contribution in [0.4, 0.5) is 0 Å². The second kappa shape index (κ2) is 5.05. The molecule has 0 aliphatic carbocycles. The van der Waals surface area contributed by atoms with E-state index < -0.39 is 0 Å². The van der Waals surface area contributed by atoms with Crippen molar-refractivity contribution in [2.45, 2.75) is 13.8 Å². The van der Waals surface area contributed by atoms with Crippen molar-refractivity contribution in [1.29, 1.82) is 0 Å². The summed E-state index contributed by atoms with van der Waals surface area (Å²) in [5.74, 6) is 0.779. The molecule has 2 aromatic carbocycles. The zero-order chi connectivity index (χ0) is 13.1. The first kappa shape index (κ1) is 12.4. The second-order valence-corrected chi connectivity index (χ2v) is 4.29. The largest absolute Gasteiger partial charge is 0.496 e. The molecule has 2 nitrogen and oxygen atoms in total. The first-order chi connectivity index (χ1) is 8.63. The summed E-state index contributed by atoms with van der Waals surface area (Å²) < 4.78 is 5.39. The minimum Gasteiger partial charge on any atom is -0.496 e. The van der Waals surface area contributed by atoms with Crippen molar-refractivity contribution in [3.05, 3.63) is 53.6 Å². The number of methoxy groups -OCH3 is 1. The van der Waals surface area contributed by atoms with Crippen LogP contribution in [0.15, 0.2) is 42.5 Å². The van der Waals surface area contributed by atoms with Gasteiger partial charge in [0.05, 0.1) is 7.11 Å². The van der Waals surface area contributed by atoms with Crippen molar-refractivity contribution in [3.63, 3.8) is 0 Å². The molecular weight excluding hydrogens is 224 g/mol. The third kappa shape index (κ3) is 2.28. The lowest BCUT2D eigenvalue weighted by atomic mass is 9.98. The van der Waals surface area contributed by atoms with E-state index in [2.05, 4.69) is 19.1 Å². The molecule has 0 amide bonds. The summed E-state index contributed by atoms with van der Waals surface area (Å²) in [5, 5.41) is 0. The maximum Gasteiger partial charge on any atom is 0.159 e. The molecule has 0 atom stereocenters. The molecule has 0 aromatic heterocycles. The molecule has 0 spiro atoms. The van der Waals surface area contributed by atoms with E-state index in [4.69, 9.17) is 4.74 Å². The highest BCUT2D eigenvalue weighted by Crippen LogP contribution is 2.32. The van der Waals surface area contributed by atoms with Crippen molar-refractivity contribution < 1.29 is 9.53 Å². The normalized spacial score (nSPS) is 10.2. The maximum absolute atomic E-state index is 11.4. The lowest BCUT2D eigenvalue weighted by Crippen LogP contribution is -1.96. The summed E-state index contributed by atoms with van der Waals surface area (Å²) in [5.41, 5.74) is 4.00. The summed E-state index contributed by atoms with van der Waals surface area (Å²) in [6.45, 7) is 3.62. The standard InChI is InChI=1S/C16H16O2/c1-11-6-4-5-7-14(11)15-9-8-13(12(2)17)10-16(15)18-3/h4-10H,1-3H3. The quantitative estimate of drug-likeness (QED) is 0.761. The molecule has 0 fully saturated rings. The Kier molecular flexibility index (Phi) is 3.47. The minimum absolute atomic E-state index is 0.0460. The van der Waals surface area contributed by atoms with Crippen LogP contribution >= 0.6 is 0 Å². The summed E-state index contributed by atoms with van der Waals surface area (Å²) in [7, 11) is 1.63. The molecule has 0 aliphatic rings. The SMILES string of the molecule is COc1cc(C(C)=O)ccc1-c1ccccc1C. The Balaban J connectivity index is 2.58. The van der Waals surface area contributed by atoms with Crippen LogP contribution in [0.25, 0.3) is 11.1 Å². The van der Waals surface area contributed by atoms with Crippen LogP contribution in [0.2, 0.25) is 0 Å². The molecule has 0 heterocycles. The number of rotatable bonds is 3. The zero-order valence-corrected chi connectivity index (χ0v) is 10.9. The first-order valence-corrected chi connectivity index (χ1v) is 5.88. The van der Waals surface area contributed by atoms with Crippen LogP contribution < -0.4 is 4.74 Å². The molecule has 2 heteroatoms. The number of hydrogen-bond donors (Lipinski definition) is 0. The number of Topliss-reactive ketones (excluding diaryl/α,β-unsaturated/α-hetero) is 1. The Morgan fingerprint density at radius 3 is 2.39 bits per heavy atom. The lowest BCUT2D eigenvalue weighted by Gasteiger charge is -2.12. The van der Waals surface area contributed by atoms with Gasteiger partial charge in [-0.1, -0.05) is 30.3 Å².